The molecule has 0 rings (SSSR count). The Bertz CT molecular complexity index is 194. The van der Waals surface area contributed by atoms with Crippen LogP contribution in [0.2, 0.25) is 0 Å². The average molecular weight is 187 g/mol. The summed E-state index contributed by atoms with van der Waals surface area (Å²) in [7, 11) is 1.32. The van der Waals surface area contributed by atoms with Crippen LogP contribution in [0.3, 0.4) is 0 Å². The highest BCUT2D eigenvalue weighted by Crippen LogP contribution is 2.08. The zero-order valence-corrected chi connectivity index (χ0v) is 8.83. The SMILES string of the molecule is COC(=O)C(C)O/N=C/C(C)(C)C. The van der Waals surface area contributed by atoms with E-state index in [-0.39, 0.29) is 5.41 Å². The van der Waals surface area contributed by atoms with Crippen molar-refractivity contribution in [2.75, 3.05) is 7.11 Å². The third-order valence-corrected chi connectivity index (χ3v) is 1.19. The van der Waals surface area contributed by atoms with Crippen LogP contribution in [0.5, 0.6) is 0 Å². The van der Waals surface area contributed by atoms with Crippen molar-refractivity contribution in [2.24, 2.45) is 10.6 Å². The highest BCUT2D eigenvalue weighted by atomic mass is 16.7. The second kappa shape index (κ2) is 4.84. The van der Waals surface area contributed by atoms with Crippen LogP contribution in [-0.2, 0) is 14.4 Å². The van der Waals surface area contributed by atoms with Gasteiger partial charge in [-0.1, -0.05) is 25.9 Å². The van der Waals surface area contributed by atoms with Crippen LogP contribution in [-0.4, -0.2) is 25.4 Å². The topological polar surface area (TPSA) is 47.9 Å². The summed E-state index contributed by atoms with van der Waals surface area (Å²) in [5, 5.41) is 3.69. The first-order valence-electron chi connectivity index (χ1n) is 4.15. The van der Waals surface area contributed by atoms with Crippen LogP contribution in [0.25, 0.3) is 0 Å². The van der Waals surface area contributed by atoms with Gasteiger partial charge in [-0.15, -0.1) is 0 Å². The Labute approximate surface area is 78.9 Å². The van der Waals surface area contributed by atoms with Gasteiger partial charge in [0.15, 0.2) is 0 Å². The Morgan fingerprint density at radius 3 is 2.38 bits per heavy atom. The molecule has 13 heavy (non-hydrogen) atoms. The molecule has 4 nitrogen and oxygen atoms in total. The second-order valence-corrected chi connectivity index (χ2v) is 3.87. The Hall–Kier alpha value is -1.06. The van der Waals surface area contributed by atoms with E-state index >= 15 is 0 Å². The summed E-state index contributed by atoms with van der Waals surface area (Å²) in [6.07, 6.45) is 0.996. The fraction of sp³-hybridized carbons (Fsp3) is 0.778. The molecule has 0 aliphatic heterocycles. The predicted octanol–water partition coefficient (Wildman–Crippen LogP) is 1.60. The van der Waals surface area contributed by atoms with Crippen LogP contribution in [0.15, 0.2) is 5.16 Å². The number of methoxy groups -OCH3 is 1. The summed E-state index contributed by atoms with van der Waals surface area (Å²) in [5.41, 5.74) is -0.0458. The number of esters is 1. The summed E-state index contributed by atoms with van der Waals surface area (Å²) in [5.74, 6) is -0.425. The number of ether oxygens (including phenoxy) is 1. The molecule has 0 amide bonds. The maximum atomic E-state index is 10.8. The molecule has 0 N–H and O–H groups in total. The van der Waals surface area contributed by atoms with Crippen molar-refractivity contribution in [3.63, 3.8) is 0 Å². The van der Waals surface area contributed by atoms with E-state index in [0.29, 0.717) is 0 Å². The van der Waals surface area contributed by atoms with E-state index in [1.807, 2.05) is 20.8 Å². The van der Waals surface area contributed by atoms with Crippen molar-refractivity contribution in [3.05, 3.63) is 0 Å². The highest BCUT2D eigenvalue weighted by molar-refractivity contribution is 5.74. The summed E-state index contributed by atoms with van der Waals surface area (Å²) in [4.78, 5) is 15.7. The molecule has 0 aromatic rings. The van der Waals surface area contributed by atoms with Gasteiger partial charge in [0.1, 0.15) is 0 Å². The molecule has 0 aromatic carbocycles. The lowest BCUT2D eigenvalue weighted by Gasteiger charge is -2.11. The molecule has 1 unspecified atom stereocenters. The summed E-state index contributed by atoms with van der Waals surface area (Å²) in [6.45, 7) is 7.56. The van der Waals surface area contributed by atoms with Crippen molar-refractivity contribution in [1.82, 2.24) is 0 Å². The number of carbonyl (C=O) groups is 1. The fourth-order valence-electron chi connectivity index (χ4n) is 0.489. The molecule has 0 saturated heterocycles. The van der Waals surface area contributed by atoms with Crippen molar-refractivity contribution in [3.8, 4) is 0 Å². The van der Waals surface area contributed by atoms with Gasteiger partial charge in [-0.05, 0) is 6.92 Å². The minimum absolute atomic E-state index is 0.0458. The summed E-state index contributed by atoms with van der Waals surface area (Å²) >= 11 is 0. The van der Waals surface area contributed by atoms with E-state index in [9.17, 15) is 4.79 Å². The number of hydrogen-bond acceptors (Lipinski definition) is 4. The number of hydrogen-bond donors (Lipinski definition) is 0. The Balaban J connectivity index is 3.89. The Kier molecular flexibility index (Phi) is 4.45. The van der Waals surface area contributed by atoms with Crippen molar-refractivity contribution in [2.45, 2.75) is 33.8 Å². The maximum absolute atomic E-state index is 10.8. The molecule has 0 radical (unpaired) electrons. The summed E-state index contributed by atoms with van der Waals surface area (Å²) in [6, 6.07) is 0. The monoisotopic (exact) mass is 187 g/mol. The van der Waals surface area contributed by atoms with Gasteiger partial charge in [-0.25, -0.2) is 4.79 Å². The number of carbonyl (C=O) groups excluding carboxylic acids is 1. The molecular formula is C9H17NO3. The minimum atomic E-state index is -0.649. The van der Waals surface area contributed by atoms with Crippen molar-refractivity contribution in [1.29, 1.82) is 0 Å². The van der Waals surface area contributed by atoms with Crippen LogP contribution in [0.1, 0.15) is 27.7 Å². The first-order chi connectivity index (χ1) is 5.87. The molecule has 1 atom stereocenters. The third kappa shape index (κ3) is 6.13. The predicted molar refractivity (Wildman–Crippen MR) is 50.5 cm³/mol. The van der Waals surface area contributed by atoms with Gasteiger partial charge in [0.05, 0.1) is 7.11 Å². The molecule has 0 aliphatic rings. The van der Waals surface area contributed by atoms with Gasteiger partial charge in [0, 0.05) is 11.6 Å². The fourth-order valence-corrected chi connectivity index (χ4v) is 0.489. The van der Waals surface area contributed by atoms with Crippen LogP contribution in [0, 0.1) is 5.41 Å². The smallest absolute Gasteiger partial charge is 0.349 e. The van der Waals surface area contributed by atoms with E-state index in [1.165, 1.54) is 7.11 Å². The quantitative estimate of drug-likeness (QED) is 0.383. The maximum Gasteiger partial charge on any atom is 0.349 e. The van der Waals surface area contributed by atoms with Gasteiger partial charge in [0.2, 0.25) is 6.10 Å². The third-order valence-electron chi connectivity index (χ3n) is 1.19. The van der Waals surface area contributed by atoms with E-state index in [2.05, 4.69) is 9.89 Å². The van der Waals surface area contributed by atoms with Gasteiger partial charge in [-0.2, -0.15) is 0 Å². The lowest BCUT2D eigenvalue weighted by atomic mass is 10.00. The highest BCUT2D eigenvalue weighted by Gasteiger charge is 2.14. The van der Waals surface area contributed by atoms with E-state index in [1.54, 1.807) is 13.1 Å². The van der Waals surface area contributed by atoms with Gasteiger partial charge in [-0.3, -0.25) is 0 Å². The largest absolute Gasteiger partial charge is 0.466 e. The molecule has 0 saturated carbocycles. The molecular weight excluding hydrogens is 170 g/mol. The van der Waals surface area contributed by atoms with E-state index < -0.39 is 12.1 Å². The zero-order chi connectivity index (χ0) is 10.5. The van der Waals surface area contributed by atoms with Crippen LogP contribution >= 0.6 is 0 Å². The summed E-state index contributed by atoms with van der Waals surface area (Å²) < 4.78 is 4.46. The molecule has 0 aromatic heterocycles. The van der Waals surface area contributed by atoms with E-state index in [4.69, 9.17) is 4.84 Å². The zero-order valence-electron chi connectivity index (χ0n) is 8.83. The molecule has 0 bridgehead atoms. The number of rotatable bonds is 3. The minimum Gasteiger partial charge on any atom is -0.466 e. The molecule has 76 valence electrons. The van der Waals surface area contributed by atoms with Gasteiger partial charge in [0.25, 0.3) is 0 Å². The standard InChI is InChI=1S/C9H17NO3/c1-7(8(11)12-5)13-10-6-9(2,3)4/h6-7H,1-5H3/b10-6+. The van der Waals surface area contributed by atoms with Crippen molar-refractivity contribution < 1.29 is 14.4 Å². The van der Waals surface area contributed by atoms with Gasteiger partial charge >= 0.3 is 5.97 Å². The van der Waals surface area contributed by atoms with Gasteiger partial charge < -0.3 is 9.57 Å². The average Bonchev–Trinajstić information content (AvgIpc) is 2.00. The first-order valence-corrected chi connectivity index (χ1v) is 4.15. The Morgan fingerprint density at radius 1 is 1.46 bits per heavy atom. The second-order valence-electron chi connectivity index (χ2n) is 3.87. The first kappa shape index (κ1) is 11.9. The van der Waals surface area contributed by atoms with Crippen LogP contribution in [0.4, 0.5) is 0 Å². The number of oxime groups is 1. The molecule has 0 aliphatic carbocycles. The van der Waals surface area contributed by atoms with E-state index in [0.717, 1.165) is 0 Å². The lowest BCUT2D eigenvalue weighted by Crippen LogP contribution is -2.20. The Morgan fingerprint density at radius 2 is 2.00 bits per heavy atom. The molecule has 0 spiro atoms. The number of nitrogens with zero attached hydrogens (tertiary/aromatic N) is 1. The molecule has 0 heterocycles. The van der Waals surface area contributed by atoms with Crippen LogP contribution < -0.4 is 0 Å². The normalized spacial score (nSPS) is 14.2. The molecule has 4 heteroatoms. The molecule has 0 fully saturated rings. The van der Waals surface area contributed by atoms with Crippen molar-refractivity contribution >= 4 is 12.2 Å². The lowest BCUT2D eigenvalue weighted by molar-refractivity contribution is -0.152.